The molecule has 2 aromatic heterocycles. The lowest BCUT2D eigenvalue weighted by atomic mass is 10.1. The fraction of sp³-hybridized carbons (Fsp3) is 0.400. The third-order valence-corrected chi connectivity index (χ3v) is 3.10. The molecule has 4 nitrogen and oxygen atoms in total. The van der Waals surface area contributed by atoms with Crippen LogP contribution in [0.2, 0.25) is 0 Å². The molecule has 2 N–H and O–H groups in total. The summed E-state index contributed by atoms with van der Waals surface area (Å²) < 4.78 is 0. The summed E-state index contributed by atoms with van der Waals surface area (Å²) in [7, 11) is 0. The van der Waals surface area contributed by atoms with Crippen LogP contribution in [-0.2, 0) is 6.42 Å². The van der Waals surface area contributed by atoms with Crippen molar-refractivity contribution in [2.24, 2.45) is 0 Å². The number of aromatic nitrogens is 3. The molecule has 0 saturated carbocycles. The van der Waals surface area contributed by atoms with Gasteiger partial charge in [-0.3, -0.25) is 5.10 Å². The van der Waals surface area contributed by atoms with Crippen molar-refractivity contribution in [1.82, 2.24) is 20.5 Å². The monoisotopic (exact) mass is 222 g/mol. The standard InChI is InChI=1S/C10H14N4S/c1-2-11-9(10-12-7-13-14-10)6-8-4-3-5-15-8/h3-5,7,9,11H,2,6H2,1H3,(H,12,13,14). The molecular formula is C10H14N4S. The number of H-pyrrole nitrogens is 1. The number of hydrogen-bond donors (Lipinski definition) is 2. The fourth-order valence-electron chi connectivity index (χ4n) is 1.52. The van der Waals surface area contributed by atoms with Crippen molar-refractivity contribution in [2.75, 3.05) is 6.54 Å². The van der Waals surface area contributed by atoms with E-state index < -0.39 is 0 Å². The van der Waals surface area contributed by atoms with E-state index in [9.17, 15) is 0 Å². The second-order valence-corrected chi connectivity index (χ2v) is 4.30. The van der Waals surface area contributed by atoms with Crippen LogP contribution in [0.4, 0.5) is 0 Å². The van der Waals surface area contributed by atoms with Crippen molar-refractivity contribution >= 4 is 11.3 Å². The van der Waals surface area contributed by atoms with Crippen LogP contribution in [0.25, 0.3) is 0 Å². The number of aromatic amines is 1. The van der Waals surface area contributed by atoms with E-state index in [0.717, 1.165) is 18.8 Å². The Morgan fingerprint density at radius 1 is 1.60 bits per heavy atom. The van der Waals surface area contributed by atoms with Crippen LogP contribution in [0.15, 0.2) is 23.8 Å². The molecule has 80 valence electrons. The molecule has 0 saturated heterocycles. The number of hydrogen-bond acceptors (Lipinski definition) is 4. The maximum Gasteiger partial charge on any atom is 0.141 e. The molecule has 2 rings (SSSR count). The highest BCUT2D eigenvalue weighted by molar-refractivity contribution is 7.09. The minimum absolute atomic E-state index is 0.233. The van der Waals surface area contributed by atoms with Gasteiger partial charge in [0.2, 0.25) is 0 Å². The number of rotatable bonds is 5. The zero-order chi connectivity index (χ0) is 10.5. The Balaban J connectivity index is 2.07. The minimum Gasteiger partial charge on any atom is -0.307 e. The van der Waals surface area contributed by atoms with Gasteiger partial charge in [-0.1, -0.05) is 13.0 Å². The number of nitrogens with zero attached hydrogens (tertiary/aromatic N) is 2. The van der Waals surface area contributed by atoms with E-state index in [-0.39, 0.29) is 6.04 Å². The molecule has 0 aromatic carbocycles. The van der Waals surface area contributed by atoms with E-state index in [2.05, 4.69) is 44.9 Å². The zero-order valence-corrected chi connectivity index (χ0v) is 9.42. The molecule has 1 unspecified atom stereocenters. The second kappa shape index (κ2) is 5.04. The number of nitrogens with one attached hydrogen (secondary N) is 2. The number of likely N-dealkylation sites (N-methyl/N-ethyl adjacent to an activating group) is 1. The molecule has 0 fully saturated rings. The van der Waals surface area contributed by atoms with Crippen molar-refractivity contribution < 1.29 is 0 Å². The van der Waals surface area contributed by atoms with Crippen LogP contribution in [0.1, 0.15) is 23.7 Å². The summed E-state index contributed by atoms with van der Waals surface area (Å²) in [5, 5.41) is 12.3. The van der Waals surface area contributed by atoms with Crippen LogP contribution >= 0.6 is 11.3 Å². The molecule has 0 spiro atoms. The van der Waals surface area contributed by atoms with E-state index in [0.29, 0.717) is 0 Å². The maximum atomic E-state index is 4.19. The van der Waals surface area contributed by atoms with Crippen LogP contribution in [0.3, 0.4) is 0 Å². The Kier molecular flexibility index (Phi) is 3.47. The molecule has 0 aliphatic rings. The van der Waals surface area contributed by atoms with E-state index >= 15 is 0 Å². The van der Waals surface area contributed by atoms with Crippen LogP contribution in [0.5, 0.6) is 0 Å². The predicted octanol–water partition coefficient (Wildman–Crippen LogP) is 1.76. The highest BCUT2D eigenvalue weighted by Crippen LogP contribution is 2.18. The summed E-state index contributed by atoms with van der Waals surface area (Å²) in [4.78, 5) is 5.55. The molecule has 0 amide bonds. The average Bonchev–Trinajstić information content (AvgIpc) is 2.89. The first-order chi connectivity index (χ1) is 7.40. The van der Waals surface area contributed by atoms with Crippen molar-refractivity contribution in [3.8, 4) is 0 Å². The van der Waals surface area contributed by atoms with Gasteiger partial charge in [-0.2, -0.15) is 5.10 Å². The lowest BCUT2D eigenvalue weighted by Gasteiger charge is -2.13. The fourth-order valence-corrected chi connectivity index (χ4v) is 2.28. The normalized spacial score (nSPS) is 12.9. The predicted molar refractivity (Wildman–Crippen MR) is 60.8 cm³/mol. The summed E-state index contributed by atoms with van der Waals surface area (Å²) in [6.45, 7) is 3.02. The van der Waals surface area contributed by atoms with Crippen molar-refractivity contribution in [3.63, 3.8) is 0 Å². The molecule has 2 aromatic rings. The Hall–Kier alpha value is -1.20. The molecule has 0 aliphatic heterocycles. The largest absolute Gasteiger partial charge is 0.307 e. The lowest BCUT2D eigenvalue weighted by molar-refractivity contribution is 0.526. The van der Waals surface area contributed by atoms with Gasteiger partial charge in [0.25, 0.3) is 0 Å². The molecule has 1 atom stereocenters. The summed E-state index contributed by atoms with van der Waals surface area (Å²) in [5.41, 5.74) is 0. The average molecular weight is 222 g/mol. The summed E-state index contributed by atoms with van der Waals surface area (Å²) in [5.74, 6) is 0.908. The summed E-state index contributed by atoms with van der Waals surface area (Å²) in [6.07, 6.45) is 2.51. The summed E-state index contributed by atoms with van der Waals surface area (Å²) >= 11 is 1.77. The van der Waals surface area contributed by atoms with Gasteiger partial charge in [-0.05, 0) is 18.0 Å². The second-order valence-electron chi connectivity index (χ2n) is 3.26. The van der Waals surface area contributed by atoms with Gasteiger partial charge in [-0.25, -0.2) is 4.98 Å². The molecule has 5 heteroatoms. The van der Waals surface area contributed by atoms with Gasteiger partial charge >= 0.3 is 0 Å². The SMILES string of the molecule is CCNC(Cc1cccs1)c1ncn[nH]1. The van der Waals surface area contributed by atoms with Crippen LogP contribution in [-0.4, -0.2) is 21.7 Å². The van der Waals surface area contributed by atoms with Gasteiger partial charge in [0.05, 0.1) is 6.04 Å². The van der Waals surface area contributed by atoms with E-state index in [1.807, 2.05) is 0 Å². The van der Waals surface area contributed by atoms with E-state index in [4.69, 9.17) is 0 Å². The zero-order valence-electron chi connectivity index (χ0n) is 8.60. The van der Waals surface area contributed by atoms with Crippen LogP contribution in [0, 0.1) is 0 Å². The molecule has 0 radical (unpaired) electrons. The van der Waals surface area contributed by atoms with Gasteiger partial charge in [0, 0.05) is 11.3 Å². The van der Waals surface area contributed by atoms with Crippen molar-refractivity contribution in [3.05, 3.63) is 34.5 Å². The van der Waals surface area contributed by atoms with Gasteiger partial charge in [-0.15, -0.1) is 11.3 Å². The van der Waals surface area contributed by atoms with Crippen molar-refractivity contribution in [1.29, 1.82) is 0 Å². The molecule has 0 aliphatic carbocycles. The molecule has 15 heavy (non-hydrogen) atoms. The first kappa shape index (κ1) is 10.3. The Morgan fingerprint density at radius 2 is 2.53 bits per heavy atom. The first-order valence-electron chi connectivity index (χ1n) is 5.01. The first-order valence-corrected chi connectivity index (χ1v) is 5.89. The smallest absolute Gasteiger partial charge is 0.141 e. The van der Waals surface area contributed by atoms with Crippen molar-refractivity contribution in [2.45, 2.75) is 19.4 Å². The Morgan fingerprint density at radius 3 is 3.13 bits per heavy atom. The van der Waals surface area contributed by atoms with Crippen LogP contribution < -0.4 is 5.32 Å². The van der Waals surface area contributed by atoms with Gasteiger partial charge in [0.15, 0.2) is 0 Å². The molecule has 0 bridgehead atoms. The molecule has 2 heterocycles. The topological polar surface area (TPSA) is 53.6 Å². The maximum absolute atomic E-state index is 4.19. The lowest BCUT2D eigenvalue weighted by Crippen LogP contribution is -2.23. The van der Waals surface area contributed by atoms with Gasteiger partial charge < -0.3 is 5.32 Å². The Bertz CT molecular complexity index is 368. The molecular weight excluding hydrogens is 208 g/mol. The quantitative estimate of drug-likeness (QED) is 0.810. The van der Waals surface area contributed by atoms with Gasteiger partial charge in [0.1, 0.15) is 12.2 Å². The Labute approximate surface area is 92.8 Å². The minimum atomic E-state index is 0.233. The highest BCUT2D eigenvalue weighted by Gasteiger charge is 2.13. The van der Waals surface area contributed by atoms with E-state index in [1.165, 1.54) is 4.88 Å². The number of thiophene rings is 1. The highest BCUT2D eigenvalue weighted by atomic mass is 32.1. The summed E-state index contributed by atoms with van der Waals surface area (Å²) in [6, 6.07) is 4.45. The van der Waals surface area contributed by atoms with E-state index in [1.54, 1.807) is 17.7 Å². The third kappa shape index (κ3) is 2.64. The third-order valence-electron chi connectivity index (χ3n) is 2.20.